The highest BCUT2D eigenvalue weighted by atomic mass is 16.5. The van der Waals surface area contributed by atoms with Gasteiger partial charge in [-0.3, -0.25) is 28.8 Å². The first-order chi connectivity index (χ1) is 23.8. The van der Waals surface area contributed by atoms with Gasteiger partial charge in [0.15, 0.2) is 11.5 Å². The van der Waals surface area contributed by atoms with Gasteiger partial charge < -0.3 is 38.3 Å². The van der Waals surface area contributed by atoms with E-state index >= 15 is 0 Å². The lowest BCUT2D eigenvalue weighted by atomic mass is 9.76. The second-order valence-corrected chi connectivity index (χ2v) is 11.6. The van der Waals surface area contributed by atoms with E-state index in [1.807, 2.05) is 0 Å². The van der Waals surface area contributed by atoms with Crippen LogP contribution in [0.4, 0.5) is 0 Å². The number of allylic oxidation sites excluding steroid dienone is 2. The summed E-state index contributed by atoms with van der Waals surface area (Å²) in [4.78, 5) is 81.0. The van der Waals surface area contributed by atoms with Crippen LogP contribution in [0.15, 0.2) is 80.8 Å². The molecule has 0 amide bonds. The van der Waals surface area contributed by atoms with Crippen LogP contribution in [-0.4, -0.2) is 71.3 Å². The van der Waals surface area contributed by atoms with Crippen molar-refractivity contribution >= 4 is 45.3 Å². The summed E-state index contributed by atoms with van der Waals surface area (Å²) >= 11 is 0. The van der Waals surface area contributed by atoms with Crippen molar-refractivity contribution in [3.8, 4) is 11.5 Å². The lowest BCUT2D eigenvalue weighted by Crippen LogP contribution is -2.35. The van der Waals surface area contributed by atoms with Crippen LogP contribution in [0.3, 0.4) is 0 Å². The molecular weight excluding hydrogens is 652 g/mol. The Morgan fingerprint density at radius 1 is 0.620 bits per heavy atom. The molecule has 0 spiro atoms. The van der Waals surface area contributed by atoms with E-state index in [0.717, 1.165) is 14.2 Å². The van der Waals surface area contributed by atoms with Gasteiger partial charge in [0.1, 0.15) is 11.5 Å². The van der Waals surface area contributed by atoms with Crippen LogP contribution in [0.1, 0.15) is 35.8 Å². The Labute approximate surface area is 284 Å². The van der Waals surface area contributed by atoms with Crippen LogP contribution in [0.25, 0.3) is 21.8 Å². The maximum Gasteiger partial charge on any atom is 0.306 e. The summed E-state index contributed by atoms with van der Waals surface area (Å²) < 4.78 is 22.7. The third-order valence-electron chi connectivity index (χ3n) is 9.00. The summed E-state index contributed by atoms with van der Waals surface area (Å²) in [5.74, 6) is -8.90. The summed E-state index contributed by atoms with van der Waals surface area (Å²) in [5.41, 5.74) is -2.22. The first-order valence-corrected chi connectivity index (χ1v) is 15.2. The monoisotopic (exact) mass is 686 g/mol. The number of ketones is 2. The summed E-state index contributed by atoms with van der Waals surface area (Å²) in [7, 11) is 8.00. The van der Waals surface area contributed by atoms with Gasteiger partial charge in [0, 0.05) is 49.2 Å². The van der Waals surface area contributed by atoms with Crippen LogP contribution >= 0.6 is 0 Å². The normalized spacial score (nSPS) is 14.6. The average Bonchev–Trinajstić information content (AvgIpc) is 3.12. The second-order valence-electron chi connectivity index (χ2n) is 11.6. The molecule has 14 heteroatoms. The van der Waals surface area contributed by atoms with E-state index < -0.39 is 82.0 Å². The molecule has 4 aromatic rings. The van der Waals surface area contributed by atoms with Crippen LogP contribution in [0.5, 0.6) is 11.5 Å². The molecule has 0 saturated carbocycles. The van der Waals surface area contributed by atoms with E-state index in [9.17, 15) is 39.0 Å². The van der Waals surface area contributed by atoms with Gasteiger partial charge in [0.2, 0.25) is 11.6 Å². The Bertz CT molecular complexity index is 2130. The number of rotatable bonds is 10. The number of nitrogens with zero attached hydrogens (tertiary/aromatic N) is 2. The molecule has 0 bridgehead atoms. The molecule has 2 aromatic carbocycles. The van der Waals surface area contributed by atoms with E-state index in [0.29, 0.717) is 33.3 Å². The predicted octanol–water partition coefficient (Wildman–Crippen LogP) is 3.18. The molecule has 0 fully saturated rings. The van der Waals surface area contributed by atoms with Crippen LogP contribution in [-0.2, 0) is 42.7 Å². The van der Waals surface area contributed by atoms with Gasteiger partial charge in [-0.1, -0.05) is 0 Å². The Morgan fingerprint density at radius 3 is 1.30 bits per heavy atom. The van der Waals surface area contributed by atoms with Gasteiger partial charge in [0.05, 0.1) is 63.5 Å². The Kier molecular flexibility index (Phi) is 9.66. The number of carbonyl (C=O) groups excluding carboxylic acids is 4. The fourth-order valence-corrected chi connectivity index (χ4v) is 6.29. The SMILES string of the molecule is COC(=O)C[C@@H](C1=C(O)C(=O)C([C@H](CC(=O)OC)c2cc3ccc(OC)cc3n(C)c2=O)=C(O)C1=O)c1cc2ccc(OC)cc2n(C)c1=O. The Balaban J connectivity index is 1.71. The number of benzene rings is 2. The first-order valence-electron chi connectivity index (χ1n) is 15.2. The second kappa shape index (κ2) is 13.7. The van der Waals surface area contributed by atoms with Gasteiger partial charge in [-0.25, -0.2) is 0 Å². The average molecular weight is 687 g/mol. The highest BCUT2D eigenvalue weighted by Crippen LogP contribution is 2.41. The van der Waals surface area contributed by atoms with Crippen molar-refractivity contribution in [1.82, 2.24) is 9.13 Å². The fourth-order valence-electron chi connectivity index (χ4n) is 6.29. The van der Waals surface area contributed by atoms with Crippen LogP contribution in [0, 0.1) is 0 Å². The molecule has 2 heterocycles. The number of pyridine rings is 2. The molecule has 50 heavy (non-hydrogen) atoms. The van der Waals surface area contributed by atoms with Crippen molar-refractivity contribution in [3.63, 3.8) is 0 Å². The molecule has 1 aliphatic carbocycles. The molecule has 260 valence electrons. The zero-order valence-electron chi connectivity index (χ0n) is 28.1. The minimum absolute atomic E-state index is 0.153. The number of esters is 2. The van der Waals surface area contributed by atoms with Crippen LogP contribution < -0.4 is 20.6 Å². The summed E-state index contributed by atoms with van der Waals surface area (Å²) in [6.07, 6.45) is -1.34. The number of aromatic nitrogens is 2. The molecule has 2 atom stereocenters. The van der Waals surface area contributed by atoms with Crippen molar-refractivity contribution in [1.29, 1.82) is 0 Å². The lowest BCUT2D eigenvalue weighted by molar-refractivity contribution is -0.142. The third kappa shape index (κ3) is 5.99. The highest BCUT2D eigenvalue weighted by Gasteiger charge is 2.44. The van der Waals surface area contributed by atoms with E-state index in [-0.39, 0.29) is 11.1 Å². The van der Waals surface area contributed by atoms with Gasteiger partial charge in [-0.05, 0) is 47.2 Å². The summed E-state index contributed by atoms with van der Waals surface area (Å²) in [5, 5.41) is 23.9. The molecule has 2 aromatic heterocycles. The molecule has 1 aliphatic rings. The number of aryl methyl sites for hydroxylation is 2. The zero-order valence-corrected chi connectivity index (χ0v) is 28.1. The summed E-state index contributed by atoms with van der Waals surface area (Å²) in [6, 6.07) is 12.6. The standard InChI is InChI=1S/C36H34N2O12/c1-37-25-13-19(47-3)9-7-17(25)11-23(35(37)45)21(15-27(39)49-5)29-31(41)33(43)30(34(44)32(29)42)22(16-28(40)50-6)24-12-18-8-10-20(48-4)14-26(18)38(2)36(24)46/h7-14,21-22,41,44H,15-16H2,1-6H3/t21-,22-/m1/s1. The number of aliphatic hydroxyl groups is 2. The topological polar surface area (TPSA) is 190 Å². The van der Waals surface area contributed by atoms with Gasteiger partial charge in [0.25, 0.3) is 11.1 Å². The number of methoxy groups -OCH3 is 4. The van der Waals surface area contributed by atoms with E-state index in [2.05, 4.69) is 0 Å². The van der Waals surface area contributed by atoms with Gasteiger partial charge in [-0.15, -0.1) is 0 Å². The molecule has 14 nitrogen and oxygen atoms in total. The number of ether oxygens (including phenoxy) is 4. The minimum Gasteiger partial charge on any atom is -0.504 e. The smallest absolute Gasteiger partial charge is 0.306 e. The molecule has 0 unspecified atom stereocenters. The van der Waals surface area contributed by atoms with Crippen LogP contribution in [0.2, 0.25) is 0 Å². The largest absolute Gasteiger partial charge is 0.504 e. The number of hydrogen-bond acceptors (Lipinski definition) is 12. The Morgan fingerprint density at radius 2 is 0.980 bits per heavy atom. The Hall–Kier alpha value is -6.18. The number of carbonyl (C=O) groups is 4. The molecule has 0 radical (unpaired) electrons. The van der Waals surface area contributed by atoms with E-state index in [1.165, 1.54) is 49.6 Å². The zero-order chi connectivity index (χ0) is 36.6. The van der Waals surface area contributed by atoms with Crippen molar-refractivity contribution < 1.29 is 48.3 Å². The van der Waals surface area contributed by atoms with Gasteiger partial charge >= 0.3 is 11.9 Å². The number of fused-ring (bicyclic) bond motifs is 2. The summed E-state index contributed by atoms with van der Waals surface area (Å²) in [6.45, 7) is 0. The maximum atomic E-state index is 14.1. The molecule has 2 N–H and O–H groups in total. The maximum absolute atomic E-state index is 14.1. The fraction of sp³-hybridized carbons (Fsp3) is 0.278. The van der Waals surface area contributed by atoms with Crippen molar-refractivity contribution in [2.45, 2.75) is 24.7 Å². The molecule has 0 aliphatic heterocycles. The van der Waals surface area contributed by atoms with Crippen molar-refractivity contribution in [3.05, 3.63) is 103 Å². The quantitative estimate of drug-likeness (QED) is 0.183. The minimum atomic E-state index is -1.56. The molecular formula is C36H34N2O12. The molecule has 5 rings (SSSR count). The number of aliphatic hydroxyl groups excluding tert-OH is 2. The predicted molar refractivity (Wildman–Crippen MR) is 180 cm³/mol. The van der Waals surface area contributed by atoms with Crippen molar-refractivity contribution in [2.75, 3.05) is 28.4 Å². The number of Topliss-reactive ketones (excluding diaryl/α,β-unsaturated/α-hetero) is 2. The highest BCUT2D eigenvalue weighted by molar-refractivity contribution is 6.24. The first kappa shape index (κ1) is 35.1. The van der Waals surface area contributed by atoms with E-state index in [1.54, 1.807) is 36.4 Å². The van der Waals surface area contributed by atoms with Gasteiger partial charge in [-0.2, -0.15) is 0 Å². The number of hydrogen-bond donors (Lipinski definition) is 2. The van der Waals surface area contributed by atoms with E-state index in [4.69, 9.17) is 18.9 Å². The third-order valence-corrected chi connectivity index (χ3v) is 9.00. The lowest BCUT2D eigenvalue weighted by Gasteiger charge is -2.27. The van der Waals surface area contributed by atoms with Crippen molar-refractivity contribution in [2.24, 2.45) is 14.1 Å². The molecule has 0 saturated heterocycles.